The van der Waals surface area contributed by atoms with Crippen LogP contribution in [0.2, 0.25) is 0 Å². The van der Waals surface area contributed by atoms with Gasteiger partial charge in [-0.25, -0.2) is 4.57 Å². The highest BCUT2D eigenvalue weighted by Crippen LogP contribution is 2.41. The minimum atomic E-state index is -0.459. The van der Waals surface area contributed by atoms with E-state index >= 15 is 0 Å². The maximum atomic E-state index is 2.64. The number of rotatable bonds is 0. The van der Waals surface area contributed by atoms with Crippen LogP contribution >= 0.6 is 0 Å². The summed E-state index contributed by atoms with van der Waals surface area (Å²) in [6.07, 6.45) is 7.48. The number of nitrogens with zero attached hydrogens (tertiary/aromatic N) is 3. The van der Waals surface area contributed by atoms with Crippen molar-refractivity contribution < 1.29 is 9.13 Å². The maximum Gasteiger partial charge on any atom is 0.481 e. The van der Waals surface area contributed by atoms with Crippen molar-refractivity contribution >= 4 is 10.9 Å². The summed E-state index contributed by atoms with van der Waals surface area (Å²) < 4.78 is 7.73. The highest BCUT2D eigenvalue weighted by atomic mass is 15.4. The molecule has 146 valence electrons. The Balaban J connectivity index is 1.70. The molecule has 6 heterocycles. The van der Waals surface area contributed by atoms with Gasteiger partial charge in [0.25, 0.3) is 0 Å². The first-order valence-electron chi connectivity index (χ1n) is 11.1. The Morgan fingerprint density at radius 2 is 1.32 bits per heavy atom. The van der Waals surface area contributed by atoms with Crippen LogP contribution in [0.1, 0.15) is 39.3 Å². The van der Waals surface area contributed by atoms with E-state index in [0.29, 0.717) is 0 Å². The number of hydrogen-bond acceptors (Lipinski definition) is 0. The van der Waals surface area contributed by atoms with Gasteiger partial charge in [-0.1, -0.05) is 42.5 Å². The van der Waals surface area contributed by atoms with Crippen LogP contribution < -0.4 is 9.13 Å². The quantitative estimate of drug-likeness (QED) is 0.345. The lowest BCUT2D eigenvalue weighted by atomic mass is 9.83. The van der Waals surface area contributed by atoms with Crippen molar-refractivity contribution in [1.82, 2.24) is 4.57 Å². The lowest BCUT2D eigenvalue weighted by molar-refractivity contribution is -0.998. The average molecular weight is 399 g/mol. The van der Waals surface area contributed by atoms with Crippen LogP contribution in [0, 0.1) is 0 Å². The zero-order chi connectivity index (χ0) is 20.2. The zero-order valence-electron chi connectivity index (χ0n) is 17.1. The third-order valence-corrected chi connectivity index (χ3v) is 7.56. The molecule has 3 heteroatoms. The lowest BCUT2D eigenvalue weighted by Gasteiger charge is -2.36. The predicted octanol–water partition coefficient (Wildman–Crippen LogP) is 3.68. The Morgan fingerprint density at radius 3 is 2.19 bits per heavy atom. The largest absolute Gasteiger partial charge is 0.481 e. The second kappa shape index (κ2) is 5.30. The normalized spacial score (nSPS) is 19.4. The second-order valence-corrected chi connectivity index (χ2v) is 9.06. The molecule has 2 aromatic carbocycles. The van der Waals surface area contributed by atoms with Crippen molar-refractivity contribution in [2.45, 2.75) is 25.0 Å². The minimum absolute atomic E-state index is 0.459. The fourth-order valence-corrected chi connectivity index (χ4v) is 6.53. The van der Waals surface area contributed by atoms with Gasteiger partial charge in [0, 0.05) is 35.8 Å². The average Bonchev–Trinajstić information content (AvgIpc) is 3.19. The van der Waals surface area contributed by atoms with Gasteiger partial charge in [-0.3, -0.25) is 0 Å². The van der Waals surface area contributed by atoms with Crippen LogP contribution in [0.5, 0.6) is 0 Å². The summed E-state index contributed by atoms with van der Waals surface area (Å²) in [5.74, 6) is -0.459. The predicted molar refractivity (Wildman–Crippen MR) is 118 cm³/mol. The molecule has 0 saturated heterocycles. The molecule has 0 aliphatic carbocycles. The number of aromatic nitrogens is 3. The van der Waals surface area contributed by atoms with E-state index in [-0.39, 0.29) is 0 Å². The van der Waals surface area contributed by atoms with Crippen molar-refractivity contribution in [3.63, 3.8) is 0 Å². The molecule has 0 radical (unpaired) electrons. The molecule has 31 heavy (non-hydrogen) atoms. The molecule has 3 aliphatic rings. The van der Waals surface area contributed by atoms with Crippen molar-refractivity contribution in [3.05, 3.63) is 131 Å². The van der Waals surface area contributed by atoms with Gasteiger partial charge in [0.2, 0.25) is 0 Å². The van der Waals surface area contributed by atoms with E-state index in [1.54, 1.807) is 0 Å². The van der Waals surface area contributed by atoms with Crippen LogP contribution in [-0.4, -0.2) is 4.57 Å². The van der Waals surface area contributed by atoms with E-state index in [1.165, 1.54) is 50.2 Å². The van der Waals surface area contributed by atoms with Gasteiger partial charge in [-0.15, -0.1) is 9.13 Å². The molecule has 3 aliphatic heterocycles. The van der Waals surface area contributed by atoms with Gasteiger partial charge in [0.05, 0.1) is 24.8 Å². The Bertz CT molecular complexity index is 1560. The summed E-state index contributed by atoms with van der Waals surface area (Å²) in [6.45, 7) is 0. The fraction of sp³-hybridized carbons (Fsp3) is 0.143. The molecule has 8 rings (SSSR count). The van der Waals surface area contributed by atoms with E-state index in [9.17, 15) is 0 Å². The number of para-hydroxylation sites is 1. The monoisotopic (exact) mass is 399 g/mol. The fourth-order valence-electron chi connectivity index (χ4n) is 6.53. The standard InChI is InChI=1S/C28H21N3/c1-2-14-29-23(10-1)16-20-7-4-8-21-17-24-11-5-12-25-18-22-9-3-6-19-13-15-30(27(19)22)28(29,26(20)21)31(24)25/h1-15H,16-18H2/q+2/t28-/m1/s1. The molecule has 1 atom stereocenters. The van der Waals surface area contributed by atoms with Crippen molar-refractivity contribution in [2.75, 3.05) is 0 Å². The molecule has 1 spiro atoms. The first-order valence-corrected chi connectivity index (χ1v) is 11.1. The van der Waals surface area contributed by atoms with Gasteiger partial charge >= 0.3 is 5.79 Å². The summed E-state index contributed by atoms with van der Waals surface area (Å²) in [4.78, 5) is 0. The number of fused-ring (bicyclic) bond motifs is 1. The number of pyridine rings is 2. The molecule has 0 unspecified atom stereocenters. The SMILES string of the molecule is c1cc2c3c(c1)Cc1cccc4[n+]1[C@@]3(n1ccc3cccc(c31)C4)[n+]1ccccc1C2. The molecule has 0 saturated carbocycles. The van der Waals surface area contributed by atoms with Crippen molar-refractivity contribution in [3.8, 4) is 0 Å². The van der Waals surface area contributed by atoms with Crippen LogP contribution in [-0.2, 0) is 25.0 Å². The molecule has 0 bridgehead atoms. The lowest BCUT2D eigenvalue weighted by Crippen LogP contribution is -2.82. The highest BCUT2D eigenvalue weighted by Gasteiger charge is 2.64. The third-order valence-electron chi connectivity index (χ3n) is 7.56. The maximum absolute atomic E-state index is 2.64. The van der Waals surface area contributed by atoms with Gasteiger partial charge in [-0.05, 0) is 28.8 Å². The van der Waals surface area contributed by atoms with Crippen molar-refractivity contribution in [1.29, 1.82) is 0 Å². The molecule has 3 nitrogen and oxygen atoms in total. The summed E-state index contributed by atoms with van der Waals surface area (Å²) in [5, 5.41) is 1.31. The van der Waals surface area contributed by atoms with E-state index in [2.05, 4.69) is 105 Å². The van der Waals surface area contributed by atoms with E-state index in [0.717, 1.165) is 19.3 Å². The zero-order valence-corrected chi connectivity index (χ0v) is 17.1. The molecule has 5 aromatic rings. The Morgan fingerprint density at radius 1 is 0.645 bits per heavy atom. The van der Waals surface area contributed by atoms with E-state index in [4.69, 9.17) is 0 Å². The number of benzene rings is 2. The van der Waals surface area contributed by atoms with Gasteiger partial charge in [0.1, 0.15) is 5.56 Å². The number of hydrogen-bond donors (Lipinski definition) is 0. The van der Waals surface area contributed by atoms with Crippen molar-refractivity contribution in [2.24, 2.45) is 0 Å². The van der Waals surface area contributed by atoms with Crippen LogP contribution in [0.4, 0.5) is 0 Å². The minimum Gasteiger partial charge on any atom is -0.223 e. The van der Waals surface area contributed by atoms with Gasteiger partial charge in [0.15, 0.2) is 23.3 Å². The summed E-state index contributed by atoms with van der Waals surface area (Å²) >= 11 is 0. The molecule has 3 aromatic heterocycles. The molecule has 0 fully saturated rings. The first kappa shape index (κ1) is 16.0. The Labute approximate surface area is 180 Å². The van der Waals surface area contributed by atoms with E-state index in [1.807, 2.05) is 0 Å². The van der Waals surface area contributed by atoms with Gasteiger partial charge < -0.3 is 0 Å². The molecule has 0 amide bonds. The van der Waals surface area contributed by atoms with Crippen LogP contribution in [0.25, 0.3) is 10.9 Å². The second-order valence-electron chi connectivity index (χ2n) is 9.06. The topological polar surface area (TPSA) is 12.7 Å². The summed E-state index contributed by atoms with van der Waals surface area (Å²) in [5.41, 5.74) is 11.2. The van der Waals surface area contributed by atoms with Crippen LogP contribution in [0.15, 0.2) is 91.3 Å². The summed E-state index contributed by atoms with van der Waals surface area (Å²) in [7, 11) is 0. The highest BCUT2D eigenvalue weighted by molar-refractivity contribution is 5.84. The summed E-state index contributed by atoms with van der Waals surface area (Å²) in [6, 6.07) is 29.5. The smallest absolute Gasteiger partial charge is 0.223 e. The van der Waals surface area contributed by atoms with Crippen LogP contribution in [0.3, 0.4) is 0 Å². The molecular weight excluding hydrogens is 378 g/mol. The Hall–Kier alpha value is -3.72. The van der Waals surface area contributed by atoms with Gasteiger partial charge in [-0.2, -0.15) is 0 Å². The molecule has 0 N–H and O–H groups in total. The van der Waals surface area contributed by atoms with E-state index < -0.39 is 5.79 Å². The first-order chi connectivity index (χ1) is 15.4. The third kappa shape index (κ3) is 1.74. The Kier molecular flexibility index (Phi) is 2.74. The molecular formula is C28H21N3+2.